The first-order valence-corrected chi connectivity index (χ1v) is 17.5. The first-order valence-electron chi connectivity index (χ1n) is 12.1. The number of fused-ring (bicyclic) bond motifs is 1. The molecule has 1 saturated carbocycles. The zero-order valence-corrected chi connectivity index (χ0v) is 22.9. The first-order chi connectivity index (χ1) is 16.2. The van der Waals surface area contributed by atoms with Crippen LogP contribution in [0.25, 0.3) is 11.0 Å². The number of rotatable bonds is 4. The van der Waals surface area contributed by atoms with Crippen LogP contribution in [-0.2, 0) is 10.0 Å². The van der Waals surface area contributed by atoms with Crippen LogP contribution in [0.1, 0.15) is 50.6 Å². The molecule has 2 N–H and O–H groups in total. The fraction of sp³-hybridized carbons (Fsp3) is 0.625. The molecule has 1 aliphatic carbocycles. The maximum Gasteiger partial charge on any atom is 0.268 e. The molecule has 0 amide bonds. The number of aromatic nitrogens is 3. The third-order valence-corrected chi connectivity index (χ3v) is 8.97. The number of hydrogen-bond donors (Lipinski definition) is 2. The normalized spacial score (nSPS) is 24.3. The summed E-state index contributed by atoms with van der Waals surface area (Å²) in [5, 5.41) is 15.1. The molecule has 190 valence electrons. The van der Waals surface area contributed by atoms with E-state index in [1.165, 1.54) is 10.6 Å². The summed E-state index contributed by atoms with van der Waals surface area (Å²) in [5.74, 6) is 3.50. The maximum absolute atomic E-state index is 13.6. The second kappa shape index (κ2) is 9.31. The van der Waals surface area contributed by atoms with Gasteiger partial charge in [0, 0.05) is 30.7 Å². The molecule has 1 saturated heterocycles. The number of piperidine rings is 1. The van der Waals surface area contributed by atoms with Crippen molar-refractivity contribution in [1.82, 2.24) is 18.8 Å². The molecule has 0 unspecified atom stereocenters. The minimum atomic E-state index is -3.20. The molecule has 0 aromatic carbocycles. The molecule has 0 radical (unpaired) electrons. The third kappa shape index (κ3) is 5.77. The standard InChI is InChI=1S/C24H35N5O4SSi/c1-24(31)11-6-7-20(24)29-21-18(15-17(22(29)30)10-14-35(3,4)5)16-25-23(27-21)26-19-8-12-28(13-9-19)34(2,32)33/h15-16,19-20,31H,6-9,11-13H2,1-5H3,(H,25,26,27)/t20-,24-/m1/s1. The van der Waals surface area contributed by atoms with E-state index in [1.54, 1.807) is 23.8 Å². The van der Waals surface area contributed by atoms with Crippen molar-refractivity contribution in [2.75, 3.05) is 24.7 Å². The van der Waals surface area contributed by atoms with Crippen LogP contribution >= 0.6 is 0 Å². The SMILES string of the molecule is C[C@@]1(O)CCC[C@H]1n1c(=O)c(C#C[Si](C)(C)C)cc2cnc(NC3CCN(S(C)(=O)=O)CC3)nc21. The minimum Gasteiger partial charge on any atom is -0.388 e. The molecule has 0 bridgehead atoms. The topological polar surface area (TPSA) is 117 Å². The summed E-state index contributed by atoms with van der Waals surface area (Å²) < 4.78 is 26.7. The lowest BCUT2D eigenvalue weighted by molar-refractivity contribution is 0.0266. The number of pyridine rings is 1. The molecule has 2 atom stereocenters. The smallest absolute Gasteiger partial charge is 0.268 e. The number of nitrogens with zero attached hydrogens (tertiary/aromatic N) is 4. The van der Waals surface area contributed by atoms with Gasteiger partial charge in [-0.05, 0) is 45.1 Å². The minimum absolute atomic E-state index is 0.0297. The Hall–Kier alpha value is -2.26. The lowest BCUT2D eigenvalue weighted by Crippen LogP contribution is -2.42. The Morgan fingerprint density at radius 1 is 1.23 bits per heavy atom. The molecule has 1 aliphatic heterocycles. The van der Waals surface area contributed by atoms with Crippen molar-refractivity contribution < 1.29 is 13.5 Å². The molecule has 0 spiro atoms. The van der Waals surface area contributed by atoms with Gasteiger partial charge in [0.1, 0.15) is 13.7 Å². The Balaban J connectivity index is 1.73. The Kier molecular flexibility index (Phi) is 6.87. The van der Waals surface area contributed by atoms with Crippen molar-refractivity contribution in [3.05, 3.63) is 28.2 Å². The van der Waals surface area contributed by atoms with Gasteiger partial charge in [0.2, 0.25) is 16.0 Å². The number of anilines is 1. The summed E-state index contributed by atoms with van der Waals surface area (Å²) in [6.07, 6.45) is 6.33. The molecule has 9 nitrogen and oxygen atoms in total. The summed E-state index contributed by atoms with van der Waals surface area (Å²) in [4.78, 5) is 22.8. The first kappa shape index (κ1) is 25.8. The Morgan fingerprint density at radius 2 is 1.91 bits per heavy atom. The van der Waals surface area contributed by atoms with Crippen molar-refractivity contribution in [3.63, 3.8) is 0 Å². The van der Waals surface area contributed by atoms with Crippen LogP contribution < -0.4 is 10.9 Å². The van der Waals surface area contributed by atoms with Crippen molar-refractivity contribution in [1.29, 1.82) is 0 Å². The highest BCUT2D eigenvalue weighted by Gasteiger charge is 2.40. The van der Waals surface area contributed by atoms with E-state index < -0.39 is 29.7 Å². The van der Waals surface area contributed by atoms with Gasteiger partial charge in [-0.2, -0.15) is 4.98 Å². The van der Waals surface area contributed by atoms with E-state index in [9.17, 15) is 18.3 Å². The van der Waals surface area contributed by atoms with Crippen molar-refractivity contribution in [2.24, 2.45) is 0 Å². The molecule has 2 aromatic rings. The molecular formula is C24H35N5O4SSi. The largest absolute Gasteiger partial charge is 0.388 e. The zero-order valence-electron chi connectivity index (χ0n) is 21.1. The third-order valence-electron chi connectivity index (χ3n) is 6.79. The van der Waals surface area contributed by atoms with Crippen molar-refractivity contribution in [3.8, 4) is 11.5 Å². The van der Waals surface area contributed by atoms with E-state index in [4.69, 9.17) is 4.98 Å². The number of aliphatic hydroxyl groups is 1. The fourth-order valence-corrected chi connectivity index (χ4v) is 6.26. The van der Waals surface area contributed by atoms with E-state index >= 15 is 0 Å². The highest BCUT2D eigenvalue weighted by molar-refractivity contribution is 7.88. The van der Waals surface area contributed by atoms with Crippen molar-refractivity contribution in [2.45, 2.75) is 76.4 Å². The summed E-state index contributed by atoms with van der Waals surface area (Å²) in [7, 11) is -4.90. The van der Waals surface area contributed by atoms with Gasteiger partial charge in [0.05, 0.1) is 23.5 Å². The van der Waals surface area contributed by atoms with Crippen LogP contribution in [0.4, 0.5) is 5.95 Å². The zero-order chi connectivity index (χ0) is 25.6. The van der Waals surface area contributed by atoms with E-state index in [0.717, 1.165) is 6.42 Å². The van der Waals surface area contributed by atoms with Gasteiger partial charge < -0.3 is 10.4 Å². The van der Waals surface area contributed by atoms with Gasteiger partial charge in [0.15, 0.2) is 0 Å². The van der Waals surface area contributed by atoms with Crippen LogP contribution in [0.5, 0.6) is 0 Å². The second-order valence-electron chi connectivity index (χ2n) is 11.1. The summed E-state index contributed by atoms with van der Waals surface area (Å²) in [6, 6.07) is 1.38. The molecule has 2 aliphatic rings. The van der Waals surface area contributed by atoms with Crippen LogP contribution in [0.2, 0.25) is 19.6 Å². The molecular weight excluding hydrogens is 482 g/mol. The summed E-state index contributed by atoms with van der Waals surface area (Å²) in [5.41, 5.74) is 2.91. The molecule has 11 heteroatoms. The van der Waals surface area contributed by atoms with E-state index in [1.807, 2.05) is 0 Å². The Labute approximate surface area is 208 Å². The fourth-order valence-electron chi connectivity index (χ4n) is 4.88. The van der Waals surface area contributed by atoms with Crippen LogP contribution in [0.15, 0.2) is 17.1 Å². The lowest BCUT2D eigenvalue weighted by Gasteiger charge is -2.31. The number of nitrogens with one attached hydrogen (secondary N) is 1. The van der Waals surface area contributed by atoms with Crippen LogP contribution in [-0.4, -0.2) is 71.4 Å². The van der Waals surface area contributed by atoms with Gasteiger partial charge in [-0.1, -0.05) is 25.6 Å². The molecule has 2 aromatic heterocycles. The average Bonchev–Trinajstić information content (AvgIpc) is 3.10. The highest BCUT2D eigenvalue weighted by Crippen LogP contribution is 2.39. The Morgan fingerprint density at radius 3 is 2.49 bits per heavy atom. The predicted molar refractivity (Wildman–Crippen MR) is 141 cm³/mol. The number of hydrogen-bond acceptors (Lipinski definition) is 7. The van der Waals surface area contributed by atoms with Crippen molar-refractivity contribution >= 4 is 35.1 Å². The van der Waals surface area contributed by atoms with Gasteiger partial charge in [-0.3, -0.25) is 9.36 Å². The number of sulfonamides is 1. The van der Waals surface area contributed by atoms with E-state index in [2.05, 4.69) is 41.4 Å². The van der Waals surface area contributed by atoms with E-state index in [0.29, 0.717) is 61.3 Å². The lowest BCUT2D eigenvalue weighted by atomic mass is 9.99. The maximum atomic E-state index is 13.6. The van der Waals surface area contributed by atoms with Gasteiger partial charge in [0.25, 0.3) is 5.56 Å². The van der Waals surface area contributed by atoms with Crippen LogP contribution in [0, 0.1) is 11.5 Å². The molecule has 4 rings (SSSR count). The average molecular weight is 518 g/mol. The van der Waals surface area contributed by atoms with Crippen LogP contribution in [0.3, 0.4) is 0 Å². The van der Waals surface area contributed by atoms with Gasteiger partial charge in [-0.25, -0.2) is 17.7 Å². The second-order valence-corrected chi connectivity index (χ2v) is 17.8. The van der Waals surface area contributed by atoms with Gasteiger partial charge in [-0.15, -0.1) is 5.54 Å². The highest BCUT2D eigenvalue weighted by atomic mass is 32.2. The van der Waals surface area contributed by atoms with E-state index in [-0.39, 0.29) is 11.6 Å². The summed E-state index contributed by atoms with van der Waals surface area (Å²) >= 11 is 0. The summed E-state index contributed by atoms with van der Waals surface area (Å²) in [6.45, 7) is 9.05. The Bertz CT molecular complexity index is 1350. The molecule has 2 fully saturated rings. The molecule has 35 heavy (non-hydrogen) atoms. The predicted octanol–water partition coefficient (Wildman–Crippen LogP) is 2.33. The molecule has 3 heterocycles. The van der Waals surface area contributed by atoms with Gasteiger partial charge >= 0.3 is 0 Å². The quantitative estimate of drug-likeness (QED) is 0.472. The monoisotopic (exact) mass is 517 g/mol.